The lowest BCUT2D eigenvalue weighted by Crippen LogP contribution is -2.40. The lowest BCUT2D eigenvalue weighted by molar-refractivity contribution is -0.135. The van der Waals surface area contributed by atoms with Crippen molar-refractivity contribution in [3.8, 4) is 5.75 Å². The number of hydrogen-bond donors (Lipinski definition) is 3. The van der Waals surface area contributed by atoms with Gasteiger partial charge in [0, 0.05) is 16.1 Å². The van der Waals surface area contributed by atoms with Crippen molar-refractivity contribution in [3.63, 3.8) is 0 Å². The first-order valence-corrected chi connectivity index (χ1v) is 12.4. The topological polar surface area (TPSA) is 103 Å². The van der Waals surface area contributed by atoms with Gasteiger partial charge in [0.25, 0.3) is 0 Å². The Morgan fingerprint density at radius 3 is 2.67 bits per heavy atom. The van der Waals surface area contributed by atoms with Crippen molar-refractivity contribution in [3.05, 3.63) is 77.8 Å². The van der Waals surface area contributed by atoms with Crippen molar-refractivity contribution in [2.45, 2.75) is 24.9 Å². The highest BCUT2D eigenvalue weighted by Crippen LogP contribution is 2.36. The molecule has 0 bridgehead atoms. The van der Waals surface area contributed by atoms with E-state index in [9.17, 15) is 14.3 Å². The van der Waals surface area contributed by atoms with Crippen LogP contribution in [0.4, 0.5) is 4.39 Å². The molecule has 3 N–H and O–H groups in total. The molecule has 190 valence electrons. The number of halogens is 1. The van der Waals surface area contributed by atoms with Crippen LogP contribution in [-0.4, -0.2) is 58.5 Å². The molecule has 1 atom stereocenters. The van der Waals surface area contributed by atoms with Gasteiger partial charge >= 0.3 is 5.97 Å². The van der Waals surface area contributed by atoms with Crippen LogP contribution in [0.2, 0.25) is 0 Å². The summed E-state index contributed by atoms with van der Waals surface area (Å²) in [6, 6.07) is 14.8. The zero-order valence-electron chi connectivity index (χ0n) is 19.6. The molecule has 1 unspecified atom stereocenters. The van der Waals surface area contributed by atoms with E-state index < -0.39 is 17.8 Å². The molecule has 7 nitrogen and oxygen atoms in total. The van der Waals surface area contributed by atoms with Crippen LogP contribution < -0.4 is 4.74 Å². The fourth-order valence-corrected chi connectivity index (χ4v) is 5.51. The first kappa shape index (κ1) is 25.7. The Bertz CT molecular complexity index is 1330. The summed E-state index contributed by atoms with van der Waals surface area (Å²) in [6.07, 6.45) is 3.20. The van der Waals surface area contributed by atoms with E-state index in [1.807, 2.05) is 30.3 Å². The molecule has 0 amide bonds. The molecule has 1 aliphatic heterocycles. The molecule has 4 aromatic rings. The number of fused-ring (bicyclic) bond motifs is 2. The molecule has 9 heteroatoms. The van der Waals surface area contributed by atoms with Gasteiger partial charge in [0.15, 0.2) is 5.76 Å². The van der Waals surface area contributed by atoms with Crippen molar-refractivity contribution in [1.82, 2.24) is 4.90 Å². The number of ether oxygens (including phenoxy) is 1. The molecular formula is C27H28FNO6S. The fraction of sp³-hybridized carbons (Fsp3) is 0.296. The number of aliphatic carboxylic acids is 1. The van der Waals surface area contributed by atoms with Crippen LogP contribution in [0.1, 0.15) is 23.6 Å². The van der Waals surface area contributed by atoms with Crippen LogP contribution in [0, 0.1) is 5.82 Å². The summed E-state index contributed by atoms with van der Waals surface area (Å²) in [4.78, 5) is 13.0. The van der Waals surface area contributed by atoms with Crippen molar-refractivity contribution >= 4 is 38.4 Å². The first-order valence-electron chi connectivity index (χ1n) is 11.6. The number of furan rings is 1. The van der Waals surface area contributed by atoms with Crippen LogP contribution in [-0.2, 0) is 4.79 Å². The highest BCUT2D eigenvalue weighted by atomic mass is 32.1. The number of benzene rings is 2. The number of aliphatic hydroxyl groups excluding tert-OH is 2. The largest absolute Gasteiger partial charge is 0.502 e. The van der Waals surface area contributed by atoms with Crippen LogP contribution >= 0.6 is 11.3 Å². The van der Waals surface area contributed by atoms with E-state index in [1.165, 1.54) is 10.9 Å². The molecule has 1 aliphatic rings. The quantitative estimate of drug-likeness (QED) is 0.220. The van der Waals surface area contributed by atoms with E-state index >= 15 is 0 Å². The minimum atomic E-state index is -1.38. The Morgan fingerprint density at radius 1 is 1.19 bits per heavy atom. The van der Waals surface area contributed by atoms with Crippen molar-refractivity contribution in [2.24, 2.45) is 0 Å². The number of β-amino-alcohol motifs (C(OH)–C–C–N with tert-alkyl or cyclic N) is 1. The van der Waals surface area contributed by atoms with Gasteiger partial charge in [0.05, 0.1) is 11.6 Å². The number of likely N-dealkylation sites (tertiary alicyclic amines) is 1. The van der Waals surface area contributed by atoms with Crippen molar-refractivity contribution in [2.75, 3.05) is 26.2 Å². The number of carboxylic acid groups (broad SMARTS) is 1. The lowest BCUT2D eigenvalue weighted by Gasteiger charge is -2.32. The summed E-state index contributed by atoms with van der Waals surface area (Å²) >= 11 is 1.70. The zero-order chi connectivity index (χ0) is 25.7. The Hall–Kier alpha value is -3.40. The maximum atomic E-state index is 13.5. The molecule has 36 heavy (non-hydrogen) atoms. The van der Waals surface area contributed by atoms with E-state index in [0.29, 0.717) is 12.5 Å². The molecule has 0 radical (unpaired) electrons. The Kier molecular flexibility index (Phi) is 8.25. The number of nitrogens with zero attached hydrogens (tertiary/aromatic N) is 1. The van der Waals surface area contributed by atoms with Gasteiger partial charge in [0.1, 0.15) is 29.9 Å². The molecule has 0 aliphatic carbocycles. The SMILES string of the molecule is C=C(O)C(=O)O.OC(COc1cccc2occc12)CN1CCC(c2cc3ccc(F)cc3s2)CC1. The van der Waals surface area contributed by atoms with Crippen LogP contribution in [0.5, 0.6) is 5.75 Å². The summed E-state index contributed by atoms with van der Waals surface area (Å²) < 4.78 is 25.7. The van der Waals surface area contributed by atoms with Gasteiger partial charge in [0.2, 0.25) is 0 Å². The maximum Gasteiger partial charge on any atom is 0.370 e. The predicted molar refractivity (Wildman–Crippen MR) is 137 cm³/mol. The fourth-order valence-electron chi connectivity index (χ4n) is 4.26. The summed E-state index contributed by atoms with van der Waals surface area (Å²) in [5.74, 6) is -1.13. The monoisotopic (exact) mass is 513 g/mol. The van der Waals surface area contributed by atoms with Crippen molar-refractivity contribution < 1.29 is 33.7 Å². The zero-order valence-corrected chi connectivity index (χ0v) is 20.4. The number of rotatable bonds is 7. The number of piperidine rings is 1. The second-order valence-corrected chi connectivity index (χ2v) is 9.83. The molecule has 2 aromatic heterocycles. The van der Waals surface area contributed by atoms with E-state index in [2.05, 4.69) is 17.5 Å². The third-order valence-electron chi connectivity index (χ3n) is 6.09. The van der Waals surface area contributed by atoms with E-state index in [4.69, 9.17) is 19.4 Å². The number of hydrogen-bond acceptors (Lipinski definition) is 7. The third kappa shape index (κ3) is 6.42. The van der Waals surface area contributed by atoms with Gasteiger partial charge in [-0.3, -0.25) is 0 Å². The predicted octanol–water partition coefficient (Wildman–Crippen LogP) is 5.55. The summed E-state index contributed by atoms with van der Waals surface area (Å²) in [5.41, 5.74) is 0.785. The normalized spacial score (nSPS) is 15.4. The van der Waals surface area contributed by atoms with Crippen LogP contribution in [0.3, 0.4) is 0 Å². The number of carbonyl (C=O) groups is 1. The third-order valence-corrected chi connectivity index (χ3v) is 7.35. The molecule has 2 aromatic carbocycles. The molecular weight excluding hydrogens is 485 g/mol. The minimum absolute atomic E-state index is 0.175. The van der Waals surface area contributed by atoms with Crippen LogP contribution in [0.15, 0.2) is 71.5 Å². The van der Waals surface area contributed by atoms with Gasteiger partial charge in [-0.15, -0.1) is 11.3 Å². The molecule has 0 spiro atoms. The molecule has 1 fully saturated rings. The standard InChI is InChI=1S/C24H24FNO3S.C3H4O3/c25-18-5-4-17-12-23(30-24(17)13-18)16-6-9-26(10-7-16)14-19(27)15-29-22-3-1-2-21-20(22)8-11-28-21;1-2(4)3(5)6/h1-5,8,11-13,16,19,27H,6-7,9-10,14-15H2;4H,1H2,(H,5,6). The van der Waals surface area contributed by atoms with Crippen molar-refractivity contribution in [1.29, 1.82) is 0 Å². The number of aliphatic hydroxyl groups is 2. The lowest BCUT2D eigenvalue weighted by atomic mass is 9.95. The highest BCUT2D eigenvalue weighted by Gasteiger charge is 2.24. The highest BCUT2D eigenvalue weighted by molar-refractivity contribution is 7.19. The average Bonchev–Trinajstić information content (AvgIpc) is 3.50. The summed E-state index contributed by atoms with van der Waals surface area (Å²) in [5, 5.41) is 28.0. The second kappa shape index (κ2) is 11.6. The van der Waals surface area contributed by atoms with Gasteiger partial charge < -0.3 is 29.4 Å². The molecule has 3 heterocycles. The Labute approximate surface area is 211 Å². The number of thiophene rings is 1. The Balaban J connectivity index is 0.000000455. The first-order chi connectivity index (χ1) is 17.3. The molecule has 0 saturated carbocycles. The minimum Gasteiger partial charge on any atom is -0.502 e. The average molecular weight is 514 g/mol. The van der Waals surface area contributed by atoms with Gasteiger partial charge in [-0.05, 0) is 80.2 Å². The maximum absolute atomic E-state index is 13.5. The Morgan fingerprint density at radius 2 is 1.94 bits per heavy atom. The summed E-state index contributed by atoms with van der Waals surface area (Å²) in [6.45, 7) is 5.46. The van der Waals surface area contributed by atoms with Gasteiger partial charge in [-0.25, -0.2) is 9.18 Å². The molecule has 5 rings (SSSR count). The van der Waals surface area contributed by atoms with Gasteiger partial charge in [-0.2, -0.15) is 0 Å². The molecule has 1 saturated heterocycles. The smallest absolute Gasteiger partial charge is 0.370 e. The van der Waals surface area contributed by atoms with Crippen LogP contribution in [0.25, 0.3) is 21.1 Å². The van der Waals surface area contributed by atoms with E-state index in [0.717, 1.165) is 52.7 Å². The van der Waals surface area contributed by atoms with E-state index in [1.54, 1.807) is 23.7 Å². The number of carboxylic acids is 1. The van der Waals surface area contributed by atoms with E-state index in [-0.39, 0.29) is 12.4 Å². The van der Waals surface area contributed by atoms with Gasteiger partial charge in [-0.1, -0.05) is 12.1 Å². The second-order valence-electron chi connectivity index (χ2n) is 8.71. The summed E-state index contributed by atoms with van der Waals surface area (Å²) in [7, 11) is 0.